The minimum Gasteiger partial charge on any atom is -0.394 e. The first kappa shape index (κ1) is 8.97. The van der Waals surface area contributed by atoms with E-state index in [1.807, 2.05) is 20.8 Å². The highest BCUT2D eigenvalue weighted by molar-refractivity contribution is 4.93. The van der Waals surface area contributed by atoms with E-state index in [9.17, 15) is 5.11 Å². The molecule has 1 saturated heterocycles. The van der Waals surface area contributed by atoms with Crippen LogP contribution in [0.2, 0.25) is 0 Å². The summed E-state index contributed by atoms with van der Waals surface area (Å²) < 4.78 is 5.42. The fraction of sp³-hybridized carbons (Fsp3) is 1.00. The van der Waals surface area contributed by atoms with Gasteiger partial charge >= 0.3 is 0 Å². The molecule has 0 unspecified atom stereocenters. The van der Waals surface area contributed by atoms with Crippen molar-refractivity contribution in [1.82, 2.24) is 0 Å². The summed E-state index contributed by atoms with van der Waals surface area (Å²) in [5.74, 6) is 0.0830. The van der Waals surface area contributed by atoms with Crippen molar-refractivity contribution in [3.05, 3.63) is 0 Å². The molecule has 66 valence electrons. The minimum atomic E-state index is -0.532. The fourth-order valence-corrected chi connectivity index (χ4v) is 1.45. The van der Waals surface area contributed by atoms with Crippen molar-refractivity contribution in [1.29, 1.82) is 0 Å². The van der Waals surface area contributed by atoms with E-state index < -0.39 is 12.2 Å². The maximum Gasteiger partial charge on any atom is 0.107 e. The van der Waals surface area contributed by atoms with Gasteiger partial charge in [0.05, 0.1) is 18.3 Å². The predicted molar refractivity (Wildman–Crippen MR) is 41.2 cm³/mol. The lowest BCUT2D eigenvalue weighted by molar-refractivity contribution is -0.0583. The topological polar surface area (TPSA) is 49.7 Å². The van der Waals surface area contributed by atoms with Gasteiger partial charge in [-0.15, -0.1) is 0 Å². The molecule has 3 atom stereocenters. The number of hydrogen-bond donors (Lipinski definition) is 2. The van der Waals surface area contributed by atoms with Gasteiger partial charge < -0.3 is 14.9 Å². The molecule has 2 N–H and O–H groups in total. The van der Waals surface area contributed by atoms with E-state index in [1.165, 1.54) is 0 Å². The van der Waals surface area contributed by atoms with Crippen LogP contribution in [0, 0.1) is 5.92 Å². The lowest BCUT2D eigenvalue weighted by Gasteiger charge is -2.22. The molecule has 0 aromatic heterocycles. The van der Waals surface area contributed by atoms with Crippen LogP contribution in [-0.2, 0) is 4.74 Å². The Hall–Kier alpha value is -0.120. The van der Waals surface area contributed by atoms with E-state index in [0.29, 0.717) is 0 Å². The number of aliphatic hydroxyl groups excluding tert-OH is 2. The lowest BCUT2D eigenvalue weighted by atomic mass is 9.90. The number of ether oxygens (including phenoxy) is 1. The second-order valence-corrected chi connectivity index (χ2v) is 3.72. The van der Waals surface area contributed by atoms with E-state index in [1.54, 1.807) is 0 Å². The number of aliphatic hydroxyl groups is 2. The quantitative estimate of drug-likeness (QED) is 0.574. The van der Waals surface area contributed by atoms with Crippen molar-refractivity contribution in [2.75, 3.05) is 6.61 Å². The molecule has 0 aliphatic carbocycles. The van der Waals surface area contributed by atoms with Gasteiger partial charge in [0.25, 0.3) is 0 Å². The van der Waals surface area contributed by atoms with Crippen LogP contribution in [0.3, 0.4) is 0 Å². The first-order chi connectivity index (χ1) is 4.99. The van der Waals surface area contributed by atoms with Gasteiger partial charge in [-0.25, -0.2) is 0 Å². The Morgan fingerprint density at radius 2 is 2.00 bits per heavy atom. The van der Waals surface area contributed by atoms with Gasteiger partial charge in [-0.05, 0) is 13.8 Å². The largest absolute Gasteiger partial charge is 0.394 e. The summed E-state index contributed by atoms with van der Waals surface area (Å²) in [4.78, 5) is 0. The predicted octanol–water partition coefficient (Wildman–Crippen LogP) is 0.153. The van der Waals surface area contributed by atoms with Gasteiger partial charge in [-0.3, -0.25) is 0 Å². The average Bonchev–Trinajstić information content (AvgIpc) is 2.13. The van der Waals surface area contributed by atoms with Gasteiger partial charge in [-0.2, -0.15) is 0 Å². The molecule has 0 saturated carbocycles. The normalized spacial score (nSPS) is 42.8. The summed E-state index contributed by atoms with van der Waals surface area (Å²) in [6.07, 6.45) is -0.935. The Balaban J connectivity index is 2.69. The molecule has 1 fully saturated rings. The molecule has 0 radical (unpaired) electrons. The van der Waals surface area contributed by atoms with Crippen molar-refractivity contribution in [2.45, 2.75) is 38.6 Å². The molecule has 0 bridgehead atoms. The molecule has 0 spiro atoms. The molecule has 0 aromatic rings. The van der Waals surface area contributed by atoms with Crippen LogP contribution < -0.4 is 0 Å². The van der Waals surface area contributed by atoms with Crippen LogP contribution >= 0.6 is 0 Å². The maximum absolute atomic E-state index is 9.51. The average molecular weight is 160 g/mol. The zero-order valence-electron chi connectivity index (χ0n) is 7.24. The molecule has 3 nitrogen and oxygen atoms in total. The summed E-state index contributed by atoms with van der Waals surface area (Å²) in [5.41, 5.74) is -0.313. The summed E-state index contributed by atoms with van der Waals surface area (Å²) >= 11 is 0. The second kappa shape index (κ2) is 2.73. The summed E-state index contributed by atoms with van der Waals surface area (Å²) in [6.45, 7) is 5.68. The molecule has 0 amide bonds. The highest BCUT2D eigenvalue weighted by atomic mass is 16.5. The van der Waals surface area contributed by atoms with E-state index in [-0.39, 0.29) is 18.1 Å². The highest BCUT2D eigenvalue weighted by Crippen LogP contribution is 2.35. The Kier molecular flexibility index (Phi) is 2.23. The molecule has 1 aliphatic heterocycles. The second-order valence-electron chi connectivity index (χ2n) is 3.72. The third-order valence-electron chi connectivity index (χ3n) is 2.62. The Morgan fingerprint density at radius 3 is 2.18 bits per heavy atom. The molecular formula is C8H16O3. The molecule has 0 aromatic carbocycles. The van der Waals surface area contributed by atoms with Gasteiger partial charge in [0.2, 0.25) is 0 Å². The van der Waals surface area contributed by atoms with Crippen LogP contribution in [0.15, 0.2) is 0 Å². The summed E-state index contributed by atoms with van der Waals surface area (Å²) in [6, 6.07) is 0. The number of hydrogen-bond acceptors (Lipinski definition) is 3. The standard InChI is InChI=1S/C8H16O3/c1-5-7(10)6(4-9)11-8(5,2)3/h5-7,9-10H,4H2,1-3H3/t5-,6-,7+/m1/s1. The van der Waals surface area contributed by atoms with Gasteiger partial charge in [0.15, 0.2) is 0 Å². The first-order valence-corrected chi connectivity index (χ1v) is 3.96. The molecule has 3 heteroatoms. The van der Waals surface area contributed by atoms with Crippen molar-refractivity contribution < 1.29 is 14.9 Å². The van der Waals surface area contributed by atoms with E-state index >= 15 is 0 Å². The SMILES string of the molecule is C[C@@H]1[C@H](O)[C@@H](CO)OC1(C)C. The van der Waals surface area contributed by atoms with Crippen molar-refractivity contribution in [3.63, 3.8) is 0 Å². The van der Waals surface area contributed by atoms with E-state index in [2.05, 4.69) is 0 Å². The van der Waals surface area contributed by atoms with Gasteiger partial charge in [0, 0.05) is 5.92 Å². The van der Waals surface area contributed by atoms with E-state index in [4.69, 9.17) is 9.84 Å². The maximum atomic E-state index is 9.51. The number of rotatable bonds is 1. The first-order valence-electron chi connectivity index (χ1n) is 3.96. The van der Waals surface area contributed by atoms with Crippen LogP contribution in [0.1, 0.15) is 20.8 Å². The molecule has 11 heavy (non-hydrogen) atoms. The van der Waals surface area contributed by atoms with Gasteiger partial charge in [-0.1, -0.05) is 6.92 Å². The van der Waals surface area contributed by atoms with E-state index in [0.717, 1.165) is 0 Å². The minimum absolute atomic E-state index is 0.0830. The van der Waals surface area contributed by atoms with Crippen LogP contribution in [0.25, 0.3) is 0 Å². The Labute approximate surface area is 67.0 Å². The molecular weight excluding hydrogens is 144 g/mol. The van der Waals surface area contributed by atoms with Crippen LogP contribution in [0.4, 0.5) is 0 Å². The lowest BCUT2D eigenvalue weighted by Crippen LogP contribution is -2.30. The highest BCUT2D eigenvalue weighted by Gasteiger charge is 2.45. The van der Waals surface area contributed by atoms with Crippen LogP contribution in [-0.4, -0.2) is 34.6 Å². The van der Waals surface area contributed by atoms with Gasteiger partial charge in [0.1, 0.15) is 6.10 Å². The van der Waals surface area contributed by atoms with Crippen molar-refractivity contribution >= 4 is 0 Å². The Bertz CT molecular complexity index is 144. The third kappa shape index (κ3) is 1.41. The van der Waals surface area contributed by atoms with Crippen molar-refractivity contribution in [3.8, 4) is 0 Å². The zero-order chi connectivity index (χ0) is 8.65. The Morgan fingerprint density at radius 1 is 1.45 bits per heavy atom. The smallest absolute Gasteiger partial charge is 0.107 e. The summed E-state index contributed by atoms with van der Waals surface area (Å²) in [7, 11) is 0. The fourth-order valence-electron chi connectivity index (χ4n) is 1.45. The molecule has 1 aliphatic rings. The zero-order valence-corrected chi connectivity index (χ0v) is 7.24. The summed E-state index contributed by atoms with van der Waals surface area (Å²) in [5, 5.41) is 18.3. The van der Waals surface area contributed by atoms with Crippen molar-refractivity contribution in [2.24, 2.45) is 5.92 Å². The third-order valence-corrected chi connectivity index (χ3v) is 2.62. The molecule has 1 rings (SSSR count). The van der Waals surface area contributed by atoms with Crippen LogP contribution in [0.5, 0.6) is 0 Å². The molecule has 1 heterocycles. The monoisotopic (exact) mass is 160 g/mol.